The van der Waals surface area contributed by atoms with Crippen molar-refractivity contribution in [3.63, 3.8) is 0 Å². The number of aliphatic hydroxyl groups excluding tert-OH is 3. The molecule has 1 aliphatic heterocycles. The highest BCUT2D eigenvalue weighted by Gasteiger charge is 2.59. The van der Waals surface area contributed by atoms with E-state index >= 15 is 0 Å². The van der Waals surface area contributed by atoms with Crippen molar-refractivity contribution in [3.05, 3.63) is 11.6 Å². The van der Waals surface area contributed by atoms with Crippen LogP contribution in [0.1, 0.15) is 65.2 Å². The SMILES string of the molecule is C[C@@]12CC[C@@H]3[C@H](CC=C4C[C@@H](O[C@H]5O[C@@H](C(=O)O)[C@H](O)[C@@H](O)[C@@H]5O)CC[C@]43C)[C@H]1CCC2=O. The number of fused-ring (bicyclic) bond motifs is 5. The summed E-state index contributed by atoms with van der Waals surface area (Å²) in [5.41, 5.74) is 1.25. The van der Waals surface area contributed by atoms with Gasteiger partial charge >= 0.3 is 5.97 Å². The fourth-order valence-corrected chi connectivity index (χ4v) is 7.87. The summed E-state index contributed by atoms with van der Waals surface area (Å²) in [5.74, 6) is 0.596. The lowest BCUT2D eigenvalue weighted by Crippen LogP contribution is -2.61. The molecule has 4 fully saturated rings. The number of carboxylic acid groups (broad SMARTS) is 1. The summed E-state index contributed by atoms with van der Waals surface area (Å²) in [6.45, 7) is 4.53. The first-order valence-corrected chi connectivity index (χ1v) is 12.4. The Balaban J connectivity index is 1.30. The lowest BCUT2D eigenvalue weighted by Gasteiger charge is -2.57. The van der Waals surface area contributed by atoms with E-state index in [4.69, 9.17) is 9.47 Å². The van der Waals surface area contributed by atoms with Gasteiger partial charge in [-0.05, 0) is 68.1 Å². The van der Waals surface area contributed by atoms with Crippen molar-refractivity contribution in [1.82, 2.24) is 0 Å². The van der Waals surface area contributed by atoms with Crippen LogP contribution in [0.4, 0.5) is 0 Å². The highest BCUT2D eigenvalue weighted by Crippen LogP contribution is 2.64. The summed E-state index contributed by atoms with van der Waals surface area (Å²) in [5, 5.41) is 39.6. The number of carbonyl (C=O) groups is 2. The van der Waals surface area contributed by atoms with Crippen LogP contribution in [-0.2, 0) is 19.1 Å². The first kappa shape index (κ1) is 23.4. The minimum absolute atomic E-state index is 0.0566. The highest BCUT2D eigenvalue weighted by atomic mass is 16.7. The molecule has 4 N–H and O–H groups in total. The number of carboxylic acids is 1. The molecule has 0 spiro atoms. The molecule has 0 unspecified atom stereocenters. The summed E-state index contributed by atoms with van der Waals surface area (Å²) in [7, 11) is 0. The molecule has 8 nitrogen and oxygen atoms in total. The first-order valence-electron chi connectivity index (χ1n) is 12.4. The van der Waals surface area contributed by atoms with Crippen LogP contribution in [0.2, 0.25) is 0 Å². The minimum Gasteiger partial charge on any atom is -0.479 e. The Morgan fingerprint density at radius 3 is 2.45 bits per heavy atom. The number of Topliss-reactive ketones (excluding diaryl/α,β-unsaturated/α-hetero) is 1. The van der Waals surface area contributed by atoms with E-state index in [0.29, 0.717) is 30.0 Å². The summed E-state index contributed by atoms with van der Waals surface area (Å²) >= 11 is 0. The molecule has 1 saturated heterocycles. The number of aliphatic carboxylic acids is 1. The average molecular weight is 465 g/mol. The molecule has 5 rings (SSSR count). The predicted molar refractivity (Wildman–Crippen MR) is 116 cm³/mol. The van der Waals surface area contributed by atoms with Gasteiger partial charge in [-0.3, -0.25) is 4.79 Å². The van der Waals surface area contributed by atoms with Crippen molar-refractivity contribution in [1.29, 1.82) is 0 Å². The van der Waals surface area contributed by atoms with Crippen LogP contribution in [-0.4, -0.2) is 69.0 Å². The standard InChI is InChI=1S/C25H36O8/c1-24-9-7-13(32-23-20(29)18(27)19(28)21(33-23)22(30)31)11-12(24)3-4-14-15-5-6-17(26)25(15,2)10-8-16(14)24/h3,13-16,18-21,23,27-29H,4-11H2,1-2H3,(H,30,31)/t13-,14+,15+,16+,18+,19+,20-,21+,23-,24+,25+/m0/s1. The Hall–Kier alpha value is -1.32. The third kappa shape index (κ3) is 3.52. The number of hydrogen-bond acceptors (Lipinski definition) is 7. The molecule has 4 aliphatic carbocycles. The van der Waals surface area contributed by atoms with Gasteiger partial charge < -0.3 is 29.9 Å². The van der Waals surface area contributed by atoms with E-state index in [-0.39, 0.29) is 16.9 Å². The Bertz CT molecular complexity index is 855. The predicted octanol–water partition coefficient (Wildman–Crippen LogP) is 1.80. The molecule has 5 aliphatic rings. The van der Waals surface area contributed by atoms with Crippen LogP contribution in [0.25, 0.3) is 0 Å². The van der Waals surface area contributed by atoms with Crippen LogP contribution in [0.3, 0.4) is 0 Å². The second-order valence-corrected chi connectivity index (χ2v) is 11.4. The summed E-state index contributed by atoms with van der Waals surface area (Å²) in [4.78, 5) is 24.0. The number of hydrogen-bond donors (Lipinski definition) is 4. The molecule has 184 valence electrons. The van der Waals surface area contributed by atoms with Crippen LogP contribution < -0.4 is 0 Å². The number of aliphatic hydroxyl groups is 3. The number of rotatable bonds is 3. The molecule has 0 radical (unpaired) electrons. The summed E-state index contributed by atoms with van der Waals surface area (Å²) < 4.78 is 11.3. The molecular formula is C25H36O8. The molecule has 33 heavy (non-hydrogen) atoms. The van der Waals surface area contributed by atoms with Crippen LogP contribution in [0, 0.1) is 28.6 Å². The van der Waals surface area contributed by atoms with Gasteiger partial charge in [-0.15, -0.1) is 0 Å². The van der Waals surface area contributed by atoms with E-state index in [1.54, 1.807) is 0 Å². The van der Waals surface area contributed by atoms with Gasteiger partial charge in [0.2, 0.25) is 0 Å². The zero-order chi connectivity index (χ0) is 23.7. The van der Waals surface area contributed by atoms with E-state index < -0.39 is 36.7 Å². The fraction of sp³-hybridized carbons (Fsp3) is 0.840. The Labute approximate surface area is 194 Å². The maximum absolute atomic E-state index is 12.6. The molecule has 0 bridgehead atoms. The maximum Gasteiger partial charge on any atom is 0.335 e. The van der Waals surface area contributed by atoms with E-state index in [2.05, 4.69) is 19.9 Å². The van der Waals surface area contributed by atoms with Crippen molar-refractivity contribution < 1.29 is 39.5 Å². The maximum atomic E-state index is 12.6. The van der Waals surface area contributed by atoms with E-state index in [9.17, 15) is 30.0 Å². The van der Waals surface area contributed by atoms with E-state index in [1.807, 2.05) is 0 Å². The van der Waals surface area contributed by atoms with Crippen molar-refractivity contribution in [2.75, 3.05) is 0 Å². The molecule has 8 heteroatoms. The Kier molecular flexibility index (Phi) is 5.77. The van der Waals surface area contributed by atoms with Gasteiger partial charge in [-0.2, -0.15) is 0 Å². The molecule has 1 heterocycles. The topological polar surface area (TPSA) is 134 Å². The Morgan fingerprint density at radius 1 is 1.03 bits per heavy atom. The smallest absolute Gasteiger partial charge is 0.335 e. The van der Waals surface area contributed by atoms with Gasteiger partial charge in [-0.1, -0.05) is 25.5 Å². The van der Waals surface area contributed by atoms with Crippen LogP contribution >= 0.6 is 0 Å². The van der Waals surface area contributed by atoms with Gasteiger partial charge in [0.15, 0.2) is 12.4 Å². The summed E-state index contributed by atoms with van der Waals surface area (Å²) in [6.07, 6.45) is 1.28. The van der Waals surface area contributed by atoms with E-state index in [1.165, 1.54) is 5.57 Å². The fourth-order valence-electron chi connectivity index (χ4n) is 7.87. The monoisotopic (exact) mass is 464 g/mol. The first-order chi connectivity index (χ1) is 15.6. The molecule has 0 amide bonds. The lowest BCUT2D eigenvalue weighted by molar-refractivity contribution is -0.306. The van der Waals surface area contributed by atoms with Gasteiger partial charge in [0.1, 0.15) is 24.1 Å². The molecule has 3 saturated carbocycles. The molecular weight excluding hydrogens is 428 g/mol. The van der Waals surface area contributed by atoms with Gasteiger partial charge in [0, 0.05) is 11.8 Å². The molecule has 0 aromatic rings. The third-order valence-corrected chi connectivity index (χ3v) is 9.91. The number of carbonyl (C=O) groups excluding carboxylic acids is 1. The van der Waals surface area contributed by atoms with Gasteiger partial charge in [0.05, 0.1) is 6.10 Å². The molecule has 0 aromatic heterocycles. The van der Waals surface area contributed by atoms with Crippen molar-refractivity contribution in [3.8, 4) is 0 Å². The average Bonchev–Trinajstić information content (AvgIpc) is 3.08. The van der Waals surface area contributed by atoms with Crippen LogP contribution in [0.5, 0.6) is 0 Å². The Morgan fingerprint density at radius 2 is 1.73 bits per heavy atom. The normalized spacial score (nSPS) is 51.8. The zero-order valence-electron chi connectivity index (χ0n) is 19.4. The lowest BCUT2D eigenvalue weighted by atomic mass is 9.48. The number of ether oxygens (including phenoxy) is 2. The minimum atomic E-state index is -1.72. The summed E-state index contributed by atoms with van der Waals surface area (Å²) in [6, 6.07) is 0. The van der Waals surface area contributed by atoms with Crippen molar-refractivity contribution in [2.45, 2.75) is 102 Å². The van der Waals surface area contributed by atoms with Crippen molar-refractivity contribution >= 4 is 11.8 Å². The number of ketones is 1. The molecule has 0 aromatic carbocycles. The van der Waals surface area contributed by atoms with Crippen LogP contribution in [0.15, 0.2) is 11.6 Å². The molecule has 11 atom stereocenters. The third-order valence-electron chi connectivity index (χ3n) is 9.91. The van der Waals surface area contributed by atoms with Gasteiger partial charge in [-0.25, -0.2) is 4.79 Å². The van der Waals surface area contributed by atoms with Crippen molar-refractivity contribution in [2.24, 2.45) is 28.6 Å². The van der Waals surface area contributed by atoms with E-state index in [0.717, 1.165) is 44.9 Å². The zero-order valence-corrected chi connectivity index (χ0v) is 19.4. The number of allylic oxidation sites excluding steroid dienone is 1. The highest BCUT2D eigenvalue weighted by molar-refractivity contribution is 5.87. The quantitative estimate of drug-likeness (QED) is 0.465. The van der Waals surface area contributed by atoms with Gasteiger partial charge in [0.25, 0.3) is 0 Å². The second-order valence-electron chi connectivity index (χ2n) is 11.4. The largest absolute Gasteiger partial charge is 0.479 e. The second kappa shape index (κ2) is 8.12.